The van der Waals surface area contributed by atoms with Gasteiger partial charge in [-0.1, -0.05) is 18.2 Å². The molecule has 29 heavy (non-hydrogen) atoms. The number of anilines is 3. The molecule has 156 valence electrons. The molecule has 0 bridgehead atoms. The molecule has 1 atom stereocenters. The lowest BCUT2D eigenvalue weighted by Crippen LogP contribution is -2.39. The Morgan fingerprint density at radius 2 is 1.86 bits per heavy atom. The maximum atomic E-state index is 13.0. The van der Waals surface area contributed by atoms with Crippen molar-refractivity contribution in [1.82, 2.24) is 4.31 Å². The molecule has 0 aliphatic carbocycles. The number of rotatable bonds is 7. The summed E-state index contributed by atoms with van der Waals surface area (Å²) >= 11 is 0. The van der Waals surface area contributed by atoms with Crippen molar-refractivity contribution in [3.8, 4) is 0 Å². The van der Waals surface area contributed by atoms with E-state index < -0.39 is 10.0 Å². The molecule has 3 rings (SSSR count). The quantitative estimate of drug-likeness (QED) is 0.725. The lowest BCUT2D eigenvalue weighted by molar-refractivity contribution is -0.117. The summed E-state index contributed by atoms with van der Waals surface area (Å²) < 4.78 is 26.1. The zero-order valence-corrected chi connectivity index (χ0v) is 18.1. The van der Waals surface area contributed by atoms with Crippen LogP contribution in [0.3, 0.4) is 0 Å². The molecular formula is C21H28N4O3S. The van der Waals surface area contributed by atoms with Crippen molar-refractivity contribution in [2.75, 3.05) is 42.7 Å². The van der Waals surface area contributed by atoms with Crippen LogP contribution in [0.25, 0.3) is 0 Å². The van der Waals surface area contributed by atoms with E-state index >= 15 is 0 Å². The molecule has 1 aliphatic rings. The molecular weight excluding hydrogens is 388 g/mol. The molecule has 0 saturated heterocycles. The zero-order chi connectivity index (χ0) is 21.2. The molecule has 1 aliphatic heterocycles. The summed E-state index contributed by atoms with van der Waals surface area (Å²) in [6.45, 7) is 4.75. The van der Waals surface area contributed by atoms with Crippen molar-refractivity contribution in [3.63, 3.8) is 0 Å². The van der Waals surface area contributed by atoms with Crippen LogP contribution in [-0.4, -0.2) is 51.9 Å². The smallest absolute Gasteiger partial charge is 0.246 e. The average molecular weight is 417 g/mol. The fraction of sp³-hybridized carbons (Fsp3) is 0.381. The summed E-state index contributed by atoms with van der Waals surface area (Å²) in [7, 11) is -0.571. The molecule has 0 fully saturated rings. The zero-order valence-electron chi connectivity index (χ0n) is 17.3. The lowest BCUT2D eigenvalue weighted by atomic mass is 10.1. The molecule has 0 radical (unpaired) electrons. The molecule has 8 heteroatoms. The summed E-state index contributed by atoms with van der Waals surface area (Å²) in [5, 5.41) is 6.35. The number of nitrogens with zero attached hydrogens (tertiary/aromatic N) is 2. The number of amides is 1. The van der Waals surface area contributed by atoms with E-state index in [1.54, 1.807) is 18.2 Å². The maximum absolute atomic E-state index is 13.0. The average Bonchev–Trinajstić information content (AvgIpc) is 3.02. The van der Waals surface area contributed by atoms with Crippen LogP contribution in [-0.2, 0) is 21.2 Å². The Kier molecular flexibility index (Phi) is 6.14. The second kappa shape index (κ2) is 8.42. The van der Waals surface area contributed by atoms with Crippen molar-refractivity contribution in [2.24, 2.45) is 0 Å². The number of hydrogen-bond donors (Lipinski definition) is 2. The fourth-order valence-corrected chi connectivity index (χ4v) is 4.52. The Labute approximate surface area is 172 Å². The van der Waals surface area contributed by atoms with Gasteiger partial charge in [-0.25, -0.2) is 12.7 Å². The van der Waals surface area contributed by atoms with Crippen molar-refractivity contribution in [2.45, 2.75) is 31.2 Å². The van der Waals surface area contributed by atoms with Gasteiger partial charge >= 0.3 is 0 Å². The first kappa shape index (κ1) is 21.1. The van der Waals surface area contributed by atoms with Crippen LogP contribution in [0.15, 0.2) is 47.4 Å². The number of sulfonamides is 1. The summed E-state index contributed by atoms with van der Waals surface area (Å²) in [4.78, 5) is 15.0. The van der Waals surface area contributed by atoms with Gasteiger partial charge < -0.3 is 15.5 Å². The highest BCUT2D eigenvalue weighted by Crippen LogP contribution is 2.32. The molecule has 1 amide bonds. The van der Waals surface area contributed by atoms with Crippen LogP contribution in [0.1, 0.15) is 19.4 Å². The minimum atomic E-state index is -3.56. The third-order valence-electron chi connectivity index (χ3n) is 5.04. The Balaban J connectivity index is 1.83. The summed E-state index contributed by atoms with van der Waals surface area (Å²) in [5.74, 6) is -0.0502. The number of fused-ring (bicyclic) bond motifs is 1. The molecule has 7 nitrogen and oxygen atoms in total. The first-order valence-corrected chi connectivity index (χ1v) is 11.1. The van der Waals surface area contributed by atoms with E-state index in [9.17, 15) is 13.2 Å². The summed E-state index contributed by atoms with van der Waals surface area (Å²) in [6.07, 6.45) is 0.834. The minimum absolute atomic E-state index is 0.0502. The summed E-state index contributed by atoms with van der Waals surface area (Å²) in [6, 6.07) is 12.9. The first-order chi connectivity index (χ1) is 13.8. The van der Waals surface area contributed by atoms with Gasteiger partial charge in [-0.05, 0) is 50.1 Å². The van der Waals surface area contributed by atoms with E-state index in [0.29, 0.717) is 12.2 Å². The third-order valence-corrected chi connectivity index (χ3v) is 6.85. The van der Waals surface area contributed by atoms with Gasteiger partial charge in [-0.15, -0.1) is 0 Å². The standard InChI is InChI=1S/C21H28N4O3S/c1-5-22-18-11-10-17(29(27,28)24(3)4)13-19(18)23-14-21(26)25-15(2)12-16-8-6-7-9-20(16)25/h6-11,13,15,22-23H,5,12,14H2,1-4H3/t15-/m1/s1. The topological polar surface area (TPSA) is 81.8 Å². The number of hydrogen-bond acceptors (Lipinski definition) is 5. The third kappa shape index (κ3) is 4.23. The molecule has 0 spiro atoms. The Bertz CT molecular complexity index is 1000. The Morgan fingerprint density at radius 1 is 1.14 bits per heavy atom. The van der Waals surface area contributed by atoms with Gasteiger partial charge in [-0.3, -0.25) is 4.79 Å². The SMILES string of the molecule is CCNc1ccc(S(=O)(=O)N(C)C)cc1NCC(=O)N1c2ccccc2C[C@H]1C. The van der Waals surface area contributed by atoms with Gasteiger partial charge in [0.1, 0.15) is 0 Å². The van der Waals surface area contributed by atoms with Crippen LogP contribution in [0, 0.1) is 0 Å². The normalized spacial score (nSPS) is 16.0. The molecule has 1 heterocycles. The number of benzene rings is 2. The van der Waals surface area contributed by atoms with Crippen molar-refractivity contribution in [3.05, 3.63) is 48.0 Å². The molecule has 0 saturated carbocycles. The van der Waals surface area contributed by atoms with Gasteiger partial charge in [0.25, 0.3) is 0 Å². The van der Waals surface area contributed by atoms with Crippen molar-refractivity contribution in [1.29, 1.82) is 0 Å². The van der Waals surface area contributed by atoms with Gasteiger partial charge in [-0.2, -0.15) is 0 Å². The molecule has 0 unspecified atom stereocenters. The second-order valence-corrected chi connectivity index (χ2v) is 9.48. The van der Waals surface area contributed by atoms with Crippen molar-refractivity contribution < 1.29 is 13.2 Å². The number of carbonyl (C=O) groups is 1. The van der Waals surface area contributed by atoms with Crippen LogP contribution in [0.5, 0.6) is 0 Å². The number of carbonyl (C=O) groups excluding carboxylic acids is 1. The highest BCUT2D eigenvalue weighted by molar-refractivity contribution is 7.89. The molecule has 2 aromatic carbocycles. The van der Waals surface area contributed by atoms with Crippen LogP contribution < -0.4 is 15.5 Å². The first-order valence-electron chi connectivity index (χ1n) is 9.70. The van der Waals surface area contributed by atoms with E-state index in [4.69, 9.17) is 0 Å². The highest BCUT2D eigenvalue weighted by Gasteiger charge is 2.30. The van der Waals surface area contributed by atoms with Gasteiger partial charge in [0.05, 0.1) is 22.8 Å². The van der Waals surface area contributed by atoms with Gasteiger partial charge in [0.2, 0.25) is 15.9 Å². The van der Waals surface area contributed by atoms with Gasteiger partial charge in [0.15, 0.2) is 0 Å². The van der Waals surface area contributed by atoms with E-state index in [-0.39, 0.29) is 23.4 Å². The number of nitrogens with one attached hydrogen (secondary N) is 2. The maximum Gasteiger partial charge on any atom is 0.246 e. The van der Waals surface area contributed by atoms with E-state index in [1.807, 2.05) is 43.0 Å². The van der Waals surface area contributed by atoms with Crippen LogP contribution in [0.4, 0.5) is 17.1 Å². The Hall–Kier alpha value is -2.58. The van der Waals surface area contributed by atoms with E-state index in [2.05, 4.69) is 10.6 Å². The number of para-hydroxylation sites is 1. The van der Waals surface area contributed by atoms with E-state index in [1.165, 1.54) is 24.0 Å². The van der Waals surface area contributed by atoms with Crippen LogP contribution in [0.2, 0.25) is 0 Å². The highest BCUT2D eigenvalue weighted by atomic mass is 32.2. The van der Waals surface area contributed by atoms with Crippen molar-refractivity contribution >= 4 is 33.0 Å². The summed E-state index contributed by atoms with van der Waals surface area (Å²) in [5.41, 5.74) is 3.46. The predicted molar refractivity (Wildman–Crippen MR) is 117 cm³/mol. The largest absolute Gasteiger partial charge is 0.384 e. The minimum Gasteiger partial charge on any atom is -0.384 e. The monoisotopic (exact) mass is 416 g/mol. The van der Waals surface area contributed by atoms with E-state index in [0.717, 1.165) is 17.8 Å². The second-order valence-electron chi connectivity index (χ2n) is 7.32. The van der Waals surface area contributed by atoms with Gasteiger partial charge in [0, 0.05) is 32.4 Å². The fourth-order valence-electron chi connectivity index (χ4n) is 3.59. The predicted octanol–water partition coefficient (Wildman–Crippen LogP) is 2.76. The molecule has 2 aromatic rings. The lowest BCUT2D eigenvalue weighted by Gasteiger charge is -2.24. The molecule has 2 N–H and O–H groups in total. The molecule has 0 aromatic heterocycles. The van der Waals surface area contributed by atoms with Crippen LogP contribution >= 0.6 is 0 Å². The Morgan fingerprint density at radius 3 is 2.55 bits per heavy atom.